The molecule has 1 N–H and O–H groups in total. The van der Waals surface area contributed by atoms with Gasteiger partial charge in [-0.05, 0) is 50.0 Å². The smallest absolute Gasteiger partial charge is 0.337 e. The first-order valence-electron chi connectivity index (χ1n) is 8.23. The molecule has 118 valence electrons. The fraction of sp³-hybridized carbons (Fsp3) is 0.632. The van der Waals surface area contributed by atoms with Crippen LogP contribution in [0.15, 0.2) is 0 Å². The minimum Gasteiger partial charge on any atom is -0.478 e. The average molecular weight is 316 g/mol. The number of fused-ring (bicyclic) bond motifs is 1. The topological polar surface area (TPSA) is 37.3 Å². The summed E-state index contributed by atoms with van der Waals surface area (Å²) >= 11 is 1.77. The van der Waals surface area contributed by atoms with E-state index in [9.17, 15) is 9.90 Å². The van der Waals surface area contributed by atoms with Crippen LogP contribution in [0.3, 0.4) is 0 Å². The zero-order valence-corrected chi connectivity index (χ0v) is 14.5. The molecule has 0 radical (unpaired) electrons. The second-order valence-electron chi connectivity index (χ2n) is 7.43. The van der Waals surface area contributed by atoms with Crippen LogP contribution in [0, 0.1) is 23.2 Å². The van der Waals surface area contributed by atoms with Gasteiger partial charge < -0.3 is 5.11 Å². The van der Waals surface area contributed by atoms with Crippen molar-refractivity contribution in [2.24, 2.45) is 11.3 Å². The Bertz CT molecular complexity index is 657. The van der Waals surface area contributed by atoms with Gasteiger partial charge in [0, 0.05) is 21.6 Å². The monoisotopic (exact) mass is 316 g/mol. The van der Waals surface area contributed by atoms with E-state index in [-0.39, 0.29) is 5.41 Å². The number of hydrogen-bond donors (Lipinski definition) is 1. The number of aromatic carboxylic acids is 1. The van der Waals surface area contributed by atoms with Crippen molar-refractivity contribution in [1.82, 2.24) is 0 Å². The third-order valence-corrected chi connectivity index (χ3v) is 6.62. The van der Waals surface area contributed by atoms with Crippen LogP contribution >= 0.6 is 11.3 Å². The van der Waals surface area contributed by atoms with E-state index in [0.29, 0.717) is 17.4 Å². The molecular weight excluding hydrogens is 292 g/mol. The molecule has 0 saturated heterocycles. The van der Waals surface area contributed by atoms with Crippen molar-refractivity contribution in [3.05, 3.63) is 20.9 Å². The zero-order valence-electron chi connectivity index (χ0n) is 13.7. The van der Waals surface area contributed by atoms with E-state index in [0.717, 1.165) is 49.0 Å². The molecule has 2 nitrogen and oxygen atoms in total. The molecule has 0 bridgehead atoms. The van der Waals surface area contributed by atoms with Gasteiger partial charge in [0.25, 0.3) is 0 Å². The number of aryl methyl sites for hydroxylation is 1. The molecule has 3 heteroatoms. The summed E-state index contributed by atoms with van der Waals surface area (Å²) in [6.07, 6.45) is 6.45. The molecule has 2 atom stereocenters. The van der Waals surface area contributed by atoms with Crippen molar-refractivity contribution in [2.45, 2.75) is 65.2 Å². The fourth-order valence-corrected chi connectivity index (χ4v) is 5.58. The van der Waals surface area contributed by atoms with Crippen LogP contribution in [0.5, 0.6) is 0 Å². The van der Waals surface area contributed by atoms with E-state index in [1.807, 2.05) is 6.92 Å². The molecule has 0 aromatic carbocycles. The van der Waals surface area contributed by atoms with Gasteiger partial charge in [-0.2, -0.15) is 0 Å². The lowest BCUT2D eigenvalue weighted by molar-refractivity contribution is 0.0693. The minimum absolute atomic E-state index is 0.216. The summed E-state index contributed by atoms with van der Waals surface area (Å²) in [6, 6.07) is 0. The summed E-state index contributed by atoms with van der Waals surface area (Å²) in [5.41, 5.74) is 1.97. The molecule has 0 unspecified atom stereocenters. The van der Waals surface area contributed by atoms with Crippen LogP contribution in [0.2, 0.25) is 0 Å². The molecule has 3 rings (SSSR count). The van der Waals surface area contributed by atoms with E-state index < -0.39 is 5.97 Å². The van der Waals surface area contributed by atoms with Crippen molar-refractivity contribution < 1.29 is 9.90 Å². The van der Waals surface area contributed by atoms with Gasteiger partial charge in [0.05, 0.1) is 5.56 Å². The van der Waals surface area contributed by atoms with Crippen LogP contribution in [0.1, 0.15) is 78.0 Å². The highest BCUT2D eigenvalue weighted by molar-refractivity contribution is 7.12. The standard InChI is InChI=1S/C19H24O2S/c1-4-6-12-7-5-8-13(12)17-16(18(20)21)14-11-19(2,3)10-9-15(14)22-17/h12-13H,5,7-11H2,1-3H3,(H,20,21)/t12-,13+/m0/s1. The highest BCUT2D eigenvalue weighted by atomic mass is 32.1. The Kier molecular flexibility index (Phi) is 4.07. The maximum absolute atomic E-state index is 12.0. The molecule has 0 spiro atoms. The third-order valence-electron chi connectivity index (χ3n) is 5.20. The van der Waals surface area contributed by atoms with Gasteiger partial charge in [-0.25, -0.2) is 4.79 Å². The molecule has 0 amide bonds. The first kappa shape index (κ1) is 15.6. The first-order chi connectivity index (χ1) is 10.4. The van der Waals surface area contributed by atoms with Gasteiger partial charge in [0.15, 0.2) is 0 Å². The van der Waals surface area contributed by atoms with Crippen LogP contribution in [0.4, 0.5) is 0 Å². The number of thiophene rings is 1. The predicted molar refractivity (Wildman–Crippen MR) is 90.6 cm³/mol. The highest BCUT2D eigenvalue weighted by Crippen LogP contribution is 2.48. The lowest BCUT2D eigenvalue weighted by Crippen LogP contribution is -2.22. The Labute approximate surface area is 136 Å². The summed E-state index contributed by atoms with van der Waals surface area (Å²) in [7, 11) is 0. The number of rotatable bonds is 2. The Morgan fingerprint density at radius 1 is 1.36 bits per heavy atom. The van der Waals surface area contributed by atoms with Gasteiger partial charge in [-0.1, -0.05) is 26.2 Å². The normalized spacial score (nSPS) is 26.1. The molecule has 2 aliphatic rings. The van der Waals surface area contributed by atoms with E-state index in [1.54, 1.807) is 11.3 Å². The molecular formula is C19H24O2S. The quantitative estimate of drug-likeness (QED) is 0.790. The first-order valence-corrected chi connectivity index (χ1v) is 9.04. The zero-order chi connectivity index (χ0) is 15.9. The Hall–Kier alpha value is -1.27. The highest BCUT2D eigenvalue weighted by Gasteiger charge is 2.37. The van der Waals surface area contributed by atoms with Gasteiger partial charge >= 0.3 is 5.97 Å². The molecule has 22 heavy (non-hydrogen) atoms. The van der Waals surface area contributed by atoms with Crippen molar-refractivity contribution in [3.63, 3.8) is 0 Å². The van der Waals surface area contributed by atoms with Gasteiger partial charge in [-0.3, -0.25) is 0 Å². The minimum atomic E-state index is -0.736. The summed E-state index contributed by atoms with van der Waals surface area (Å²) in [5, 5.41) is 9.83. The molecule has 1 heterocycles. The molecule has 1 aromatic heterocycles. The van der Waals surface area contributed by atoms with Crippen molar-refractivity contribution in [2.75, 3.05) is 0 Å². The molecule has 1 fully saturated rings. The van der Waals surface area contributed by atoms with Crippen LogP contribution in [-0.4, -0.2) is 11.1 Å². The molecule has 1 saturated carbocycles. The summed E-state index contributed by atoms with van der Waals surface area (Å²) in [4.78, 5) is 14.4. The molecule has 1 aromatic rings. The van der Waals surface area contributed by atoms with E-state index >= 15 is 0 Å². The van der Waals surface area contributed by atoms with Gasteiger partial charge in [0.1, 0.15) is 0 Å². The van der Waals surface area contributed by atoms with Gasteiger partial charge in [-0.15, -0.1) is 17.3 Å². The van der Waals surface area contributed by atoms with Crippen LogP contribution in [0.25, 0.3) is 0 Å². The lowest BCUT2D eigenvalue weighted by Gasteiger charge is -2.29. The summed E-state index contributed by atoms with van der Waals surface area (Å²) < 4.78 is 0. The summed E-state index contributed by atoms with van der Waals surface area (Å²) in [5.74, 6) is 6.30. The number of hydrogen-bond acceptors (Lipinski definition) is 2. The number of carboxylic acids is 1. The largest absolute Gasteiger partial charge is 0.478 e. The number of carboxylic acid groups (broad SMARTS) is 1. The molecule has 0 aliphatic heterocycles. The van der Waals surface area contributed by atoms with Gasteiger partial charge in [0.2, 0.25) is 0 Å². The van der Waals surface area contributed by atoms with E-state index in [2.05, 4.69) is 25.7 Å². The Balaban J connectivity index is 2.07. The average Bonchev–Trinajstić information content (AvgIpc) is 3.01. The van der Waals surface area contributed by atoms with Crippen LogP contribution in [-0.2, 0) is 12.8 Å². The Morgan fingerprint density at radius 2 is 2.14 bits per heavy atom. The second-order valence-corrected chi connectivity index (χ2v) is 8.56. The lowest BCUT2D eigenvalue weighted by atomic mass is 9.75. The SMILES string of the molecule is CC#C[C@H]1CCC[C@H]1c1sc2c(c1C(=O)O)CC(C)(C)CC2. The van der Waals surface area contributed by atoms with Crippen molar-refractivity contribution in [3.8, 4) is 11.8 Å². The second kappa shape index (κ2) is 5.74. The predicted octanol–water partition coefficient (Wildman–Crippen LogP) is 4.87. The van der Waals surface area contributed by atoms with Crippen LogP contribution < -0.4 is 0 Å². The summed E-state index contributed by atoms with van der Waals surface area (Å²) in [6.45, 7) is 6.38. The number of carbonyl (C=O) groups is 1. The van der Waals surface area contributed by atoms with Crippen molar-refractivity contribution in [1.29, 1.82) is 0 Å². The fourth-order valence-electron chi connectivity index (χ4n) is 4.07. The van der Waals surface area contributed by atoms with E-state index in [4.69, 9.17) is 0 Å². The molecule has 2 aliphatic carbocycles. The maximum Gasteiger partial charge on any atom is 0.337 e. The van der Waals surface area contributed by atoms with Crippen molar-refractivity contribution >= 4 is 17.3 Å². The maximum atomic E-state index is 12.0. The Morgan fingerprint density at radius 3 is 2.82 bits per heavy atom. The van der Waals surface area contributed by atoms with E-state index in [1.165, 1.54) is 4.88 Å². The third kappa shape index (κ3) is 2.70.